The lowest BCUT2D eigenvalue weighted by atomic mass is 10.1. The van der Waals surface area contributed by atoms with Crippen LogP contribution >= 0.6 is 12.2 Å². The van der Waals surface area contributed by atoms with E-state index in [9.17, 15) is 9.90 Å². The summed E-state index contributed by atoms with van der Waals surface area (Å²) >= 11 is 5.02. The van der Waals surface area contributed by atoms with Crippen molar-refractivity contribution < 1.29 is 15.0 Å². The quantitative estimate of drug-likeness (QED) is 0.373. The molecule has 3 aromatic carbocycles. The van der Waals surface area contributed by atoms with Crippen molar-refractivity contribution in [2.75, 3.05) is 5.01 Å². The molecule has 0 fully saturated rings. The normalized spacial score (nSPS) is 10.9. The summed E-state index contributed by atoms with van der Waals surface area (Å²) in [6.45, 7) is 0. The van der Waals surface area contributed by atoms with Gasteiger partial charge < -0.3 is 15.9 Å². The van der Waals surface area contributed by atoms with Crippen molar-refractivity contribution >= 4 is 46.0 Å². The highest BCUT2D eigenvalue weighted by Crippen LogP contribution is 2.27. The van der Waals surface area contributed by atoms with Gasteiger partial charge in [0.05, 0.1) is 17.5 Å². The summed E-state index contributed by atoms with van der Waals surface area (Å²) in [7, 11) is 0. The van der Waals surface area contributed by atoms with E-state index in [2.05, 4.69) is 5.10 Å². The number of phenolic OH excluding ortho intramolecular Hbond substituents is 1. The van der Waals surface area contributed by atoms with E-state index >= 15 is 0 Å². The van der Waals surface area contributed by atoms with Crippen LogP contribution in [0, 0.1) is 0 Å². The number of phenols is 1. The first kappa shape index (κ1) is 17.4. The Hall–Kier alpha value is -3.45. The Morgan fingerprint density at radius 3 is 2.42 bits per heavy atom. The topological polar surface area (TPSA) is 99.1 Å². The number of hydrazone groups is 1. The van der Waals surface area contributed by atoms with Crippen LogP contribution in [0.15, 0.2) is 65.8 Å². The van der Waals surface area contributed by atoms with Crippen molar-refractivity contribution in [1.29, 1.82) is 0 Å². The van der Waals surface area contributed by atoms with Crippen molar-refractivity contribution in [2.45, 2.75) is 0 Å². The number of rotatable bonds is 4. The molecule has 4 N–H and O–H groups in total. The molecule has 7 heteroatoms. The molecule has 0 unspecified atom stereocenters. The zero-order valence-corrected chi connectivity index (χ0v) is 14.4. The van der Waals surface area contributed by atoms with Gasteiger partial charge >= 0.3 is 5.97 Å². The van der Waals surface area contributed by atoms with Gasteiger partial charge in [-0.25, -0.2) is 9.80 Å². The molecule has 130 valence electrons. The number of carboxylic acid groups (broad SMARTS) is 1. The van der Waals surface area contributed by atoms with Crippen molar-refractivity contribution in [3.05, 3.63) is 71.8 Å². The van der Waals surface area contributed by atoms with Crippen molar-refractivity contribution in [3.8, 4) is 5.75 Å². The third-order valence-corrected chi connectivity index (χ3v) is 3.98. The largest absolute Gasteiger partial charge is 0.507 e. The maximum Gasteiger partial charge on any atom is 0.335 e. The Labute approximate surface area is 154 Å². The van der Waals surface area contributed by atoms with Gasteiger partial charge in [-0.2, -0.15) is 5.10 Å². The van der Waals surface area contributed by atoms with Crippen LogP contribution in [0.4, 0.5) is 5.69 Å². The fourth-order valence-corrected chi connectivity index (χ4v) is 2.64. The molecule has 0 radical (unpaired) electrons. The first-order chi connectivity index (χ1) is 12.5. The monoisotopic (exact) mass is 365 g/mol. The molecule has 0 spiro atoms. The van der Waals surface area contributed by atoms with E-state index in [1.165, 1.54) is 23.4 Å². The van der Waals surface area contributed by atoms with Crippen LogP contribution in [-0.2, 0) is 0 Å². The van der Waals surface area contributed by atoms with Crippen LogP contribution in [0.2, 0.25) is 0 Å². The van der Waals surface area contributed by atoms with E-state index in [-0.39, 0.29) is 16.4 Å². The lowest BCUT2D eigenvalue weighted by Gasteiger charge is -2.17. The maximum atomic E-state index is 10.9. The van der Waals surface area contributed by atoms with Gasteiger partial charge in [-0.05, 0) is 47.9 Å². The maximum absolute atomic E-state index is 10.9. The van der Waals surface area contributed by atoms with Crippen LogP contribution < -0.4 is 10.7 Å². The van der Waals surface area contributed by atoms with Gasteiger partial charge in [-0.15, -0.1) is 0 Å². The Morgan fingerprint density at radius 1 is 1.08 bits per heavy atom. The highest BCUT2D eigenvalue weighted by atomic mass is 32.1. The van der Waals surface area contributed by atoms with Gasteiger partial charge in [0.15, 0.2) is 5.11 Å². The zero-order chi connectivity index (χ0) is 18.7. The third-order valence-electron chi connectivity index (χ3n) is 3.81. The Morgan fingerprint density at radius 2 is 1.77 bits per heavy atom. The molecular weight excluding hydrogens is 350 g/mol. The number of aromatic carboxylic acids is 1. The van der Waals surface area contributed by atoms with Crippen molar-refractivity contribution in [2.24, 2.45) is 10.8 Å². The molecule has 0 amide bonds. The average molecular weight is 365 g/mol. The molecular formula is C19H15N3O3S. The molecule has 0 aliphatic rings. The second-order valence-electron chi connectivity index (χ2n) is 5.47. The number of anilines is 1. The number of hydrogen-bond acceptors (Lipinski definition) is 4. The summed E-state index contributed by atoms with van der Waals surface area (Å²) in [6.07, 6.45) is 1.45. The number of aromatic hydroxyl groups is 1. The van der Waals surface area contributed by atoms with Crippen molar-refractivity contribution in [3.63, 3.8) is 0 Å². The first-order valence-corrected chi connectivity index (χ1v) is 8.06. The SMILES string of the molecule is NC(=S)N(N=Cc1ccc2ccccc2c1O)c1ccc(C(=O)O)cc1. The second kappa shape index (κ2) is 7.20. The summed E-state index contributed by atoms with van der Waals surface area (Å²) in [5.41, 5.74) is 6.89. The van der Waals surface area contributed by atoms with Crippen LogP contribution in [0.1, 0.15) is 15.9 Å². The standard InChI is InChI=1S/C19H15N3O3S/c20-19(26)22(15-9-7-13(8-10-15)18(24)25)21-11-14-6-5-12-3-1-2-4-16(12)17(14)23/h1-11,23H,(H2,20,26)(H,24,25). The van der Waals surface area contributed by atoms with Gasteiger partial charge in [0.25, 0.3) is 0 Å². The number of nitrogens with zero attached hydrogens (tertiary/aromatic N) is 2. The van der Waals surface area contributed by atoms with E-state index in [0.717, 1.165) is 5.39 Å². The van der Waals surface area contributed by atoms with Gasteiger partial charge in [-0.1, -0.05) is 30.3 Å². The summed E-state index contributed by atoms with van der Waals surface area (Å²) < 4.78 is 0. The van der Waals surface area contributed by atoms with Gasteiger partial charge in [0.2, 0.25) is 0 Å². The molecule has 0 bridgehead atoms. The summed E-state index contributed by atoms with van der Waals surface area (Å²) in [5, 5.41) is 26.5. The molecule has 0 aliphatic heterocycles. The van der Waals surface area contributed by atoms with Gasteiger partial charge in [0.1, 0.15) is 5.75 Å². The minimum absolute atomic E-state index is 0.00963. The predicted molar refractivity (Wildman–Crippen MR) is 106 cm³/mol. The highest BCUT2D eigenvalue weighted by molar-refractivity contribution is 7.80. The fourth-order valence-electron chi connectivity index (χ4n) is 2.49. The van der Waals surface area contributed by atoms with Gasteiger partial charge in [0, 0.05) is 10.9 Å². The molecule has 0 aliphatic carbocycles. The number of carboxylic acids is 1. The lowest BCUT2D eigenvalue weighted by molar-refractivity contribution is 0.0697. The number of thiocarbonyl (C=S) groups is 1. The molecule has 0 saturated heterocycles. The number of nitrogens with two attached hydrogens (primary N) is 1. The number of fused-ring (bicyclic) bond motifs is 1. The minimum atomic E-state index is -1.02. The molecule has 6 nitrogen and oxygen atoms in total. The number of benzene rings is 3. The average Bonchev–Trinajstić information content (AvgIpc) is 2.64. The van der Waals surface area contributed by atoms with Crippen LogP contribution in [0.25, 0.3) is 10.8 Å². The summed E-state index contributed by atoms with van der Waals surface area (Å²) in [6, 6.07) is 17.1. The summed E-state index contributed by atoms with van der Waals surface area (Å²) in [5.74, 6) is -0.918. The van der Waals surface area contributed by atoms with E-state index in [0.29, 0.717) is 16.6 Å². The molecule has 0 saturated carbocycles. The predicted octanol–water partition coefficient (Wildman–Crippen LogP) is 3.33. The Bertz CT molecular complexity index is 1020. The molecule has 26 heavy (non-hydrogen) atoms. The number of hydrogen-bond donors (Lipinski definition) is 3. The van der Waals surface area contributed by atoms with E-state index in [4.69, 9.17) is 23.1 Å². The molecule has 0 heterocycles. The molecule has 3 aromatic rings. The van der Waals surface area contributed by atoms with Crippen molar-refractivity contribution in [1.82, 2.24) is 0 Å². The van der Waals surface area contributed by atoms with E-state index in [1.807, 2.05) is 30.3 Å². The van der Waals surface area contributed by atoms with Crippen LogP contribution in [-0.4, -0.2) is 27.5 Å². The smallest absolute Gasteiger partial charge is 0.335 e. The second-order valence-corrected chi connectivity index (χ2v) is 5.89. The van der Waals surface area contributed by atoms with Crippen LogP contribution in [0.5, 0.6) is 5.75 Å². The Balaban J connectivity index is 1.94. The van der Waals surface area contributed by atoms with E-state index in [1.54, 1.807) is 18.2 Å². The van der Waals surface area contributed by atoms with E-state index < -0.39 is 5.97 Å². The zero-order valence-electron chi connectivity index (χ0n) is 13.5. The highest BCUT2D eigenvalue weighted by Gasteiger charge is 2.10. The van der Waals surface area contributed by atoms with Gasteiger partial charge in [-0.3, -0.25) is 0 Å². The first-order valence-electron chi connectivity index (χ1n) is 7.65. The summed E-state index contributed by atoms with van der Waals surface area (Å²) in [4.78, 5) is 10.9. The minimum Gasteiger partial charge on any atom is -0.507 e. The molecule has 3 rings (SSSR count). The molecule has 0 aromatic heterocycles. The fraction of sp³-hybridized carbons (Fsp3) is 0. The number of carbonyl (C=O) groups is 1. The Kier molecular flexibility index (Phi) is 4.81. The lowest BCUT2D eigenvalue weighted by Crippen LogP contribution is -2.31. The van der Waals surface area contributed by atoms with Crippen LogP contribution in [0.3, 0.4) is 0 Å². The molecule has 0 atom stereocenters. The third kappa shape index (κ3) is 3.47.